The zero-order valence-corrected chi connectivity index (χ0v) is 17.8. The van der Waals surface area contributed by atoms with Crippen LogP contribution in [0.1, 0.15) is 32.4 Å². The van der Waals surface area contributed by atoms with Crippen molar-refractivity contribution in [3.8, 4) is 0 Å². The minimum atomic E-state index is -4.79. The molecule has 1 aromatic heterocycles. The first-order valence-corrected chi connectivity index (χ1v) is 11.3. The maximum absolute atomic E-state index is 13.4. The van der Waals surface area contributed by atoms with Crippen LogP contribution < -0.4 is 0 Å². The summed E-state index contributed by atoms with van der Waals surface area (Å²) in [4.78, 5) is 28.6. The number of nitrogens with one attached hydrogen (secondary N) is 1. The maximum atomic E-state index is 13.4. The number of H-pyrrole nitrogens is 1. The van der Waals surface area contributed by atoms with Crippen molar-refractivity contribution in [2.75, 3.05) is 0 Å². The molecule has 1 N–H and O–H groups in total. The van der Waals surface area contributed by atoms with Crippen LogP contribution in [-0.4, -0.2) is 30.9 Å². The molecule has 0 saturated heterocycles. The molecule has 1 heterocycles. The number of rotatable bonds is 7. The molecule has 0 bridgehead atoms. The minimum Gasteiger partial charge on any atom is -0.445 e. The SMILES string of the molecule is O=C(O[C@@H](C(=O)c1c[nH]c2ccccc12)c1ccccc1)c1ccc(S(=O)(=O)C(F)F)cc1. The summed E-state index contributed by atoms with van der Waals surface area (Å²) in [7, 11) is -4.79. The van der Waals surface area contributed by atoms with Crippen molar-refractivity contribution in [3.05, 3.63) is 102 Å². The number of fused-ring (bicyclic) bond motifs is 1. The van der Waals surface area contributed by atoms with Crippen molar-refractivity contribution >= 4 is 32.5 Å². The minimum absolute atomic E-state index is 0.0872. The number of Topliss-reactive ketones (excluding diaryl/α,β-unsaturated/α-hetero) is 1. The number of ether oxygens (including phenoxy) is 1. The fourth-order valence-corrected chi connectivity index (χ4v) is 4.10. The predicted molar refractivity (Wildman–Crippen MR) is 117 cm³/mol. The molecule has 4 aromatic rings. The lowest BCUT2D eigenvalue weighted by Crippen LogP contribution is -2.20. The van der Waals surface area contributed by atoms with Crippen molar-refractivity contribution in [3.63, 3.8) is 0 Å². The highest BCUT2D eigenvalue weighted by Gasteiger charge is 2.30. The van der Waals surface area contributed by atoms with E-state index in [1.54, 1.807) is 48.7 Å². The fraction of sp³-hybridized carbons (Fsp3) is 0.0833. The molecule has 0 saturated carbocycles. The average Bonchev–Trinajstić information content (AvgIpc) is 3.27. The summed E-state index contributed by atoms with van der Waals surface area (Å²) in [6.45, 7) is 0. The lowest BCUT2D eigenvalue weighted by Gasteiger charge is -2.17. The van der Waals surface area contributed by atoms with Gasteiger partial charge < -0.3 is 9.72 Å². The van der Waals surface area contributed by atoms with Gasteiger partial charge in [0.1, 0.15) is 0 Å². The standard InChI is InChI=1S/C24H17F2NO5S/c25-24(26)33(30,31)17-12-10-16(11-13-17)23(29)32-22(15-6-2-1-3-7-15)21(28)19-14-27-20-9-5-4-8-18(19)20/h1-14,22,24,27H/t22-/m1/s1. The summed E-state index contributed by atoms with van der Waals surface area (Å²) < 4.78 is 54.2. The van der Waals surface area contributed by atoms with Crippen molar-refractivity contribution in [2.24, 2.45) is 0 Å². The number of esters is 1. The van der Waals surface area contributed by atoms with Crippen molar-refractivity contribution in [1.29, 1.82) is 0 Å². The van der Waals surface area contributed by atoms with Gasteiger partial charge in [-0.15, -0.1) is 0 Å². The van der Waals surface area contributed by atoms with Crippen LogP contribution in [0.25, 0.3) is 10.9 Å². The molecular formula is C24H17F2NO5S. The first-order valence-electron chi connectivity index (χ1n) is 9.77. The molecule has 4 rings (SSSR count). The molecule has 0 spiro atoms. The topological polar surface area (TPSA) is 93.3 Å². The lowest BCUT2D eigenvalue weighted by atomic mass is 9.99. The van der Waals surface area contributed by atoms with E-state index in [0.29, 0.717) is 16.5 Å². The van der Waals surface area contributed by atoms with Crippen LogP contribution in [0.15, 0.2) is 90.0 Å². The van der Waals surface area contributed by atoms with Crippen LogP contribution in [0, 0.1) is 0 Å². The molecule has 0 aliphatic carbocycles. The van der Waals surface area contributed by atoms with E-state index in [1.165, 1.54) is 0 Å². The van der Waals surface area contributed by atoms with Crippen LogP contribution in [0.4, 0.5) is 8.78 Å². The third-order valence-electron chi connectivity index (χ3n) is 5.07. The van der Waals surface area contributed by atoms with Gasteiger partial charge in [0.05, 0.1) is 10.5 Å². The van der Waals surface area contributed by atoms with E-state index in [4.69, 9.17) is 4.74 Å². The Morgan fingerprint density at radius 1 is 0.848 bits per heavy atom. The molecule has 0 radical (unpaired) electrons. The quantitative estimate of drug-likeness (QED) is 0.306. The number of ketones is 1. The Bertz CT molecular complexity index is 1410. The Morgan fingerprint density at radius 3 is 2.15 bits per heavy atom. The number of benzene rings is 3. The maximum Gasteiger partial charge on any atom is 0.341 e. The lowest BCUT2D eigenvalue weighted by molar-refractivity contribution is 0.0280. The van der Waals surface area contributed by atoms with Crippen LogP contribution in [-0.2, 0) is 14.6 Å². The molecule has 0 fully saturated rings. The Balaban J connectivity index is 1.65. The van der Waals surface area contributed by atoms with E-state index in [0.717, 1.165) is 29.8 Å². The largest absolute Gasteiger partial charge is 0.445 e. The van der Waals surface area contributed by atoms with Gasteiger partial charge in [-0.3, -0.25) is 4.79 Å². The van der Waals surface area contributed by atoms with Crippen LogP contribution in [0.2, 0.25) is 0 Å². The third kappa shape index (κ3) is 4.40. The molecular weight excluding hydrogens is 452 g/mol. The molecule has 3 aromatic carbocycles. The first kappa shape index (κ1) is 22.3. The molecule has 0 aliphatic heterocycles. The number of hydrogen-bond acceptors (Lipinski definition) is 5. The van der Waals surface area contributed by atoms with Gasteiger partial charge in [-0.25, -0.2) is 13.2 Å². The second-order valence-corrected chi connectivity index (χ2v) is 9.06. The first-order chi connectivity index (χ1) is 15.8. The van der Waals surface area contributed by atoms with Gasteiger partial charge in [0.2, 0.25) is 15.6 Å². The molecule has 0 unspecified atom stereocenters. The molecule has 6 nitrogen and oxygen atoms in total. The zero-order chi connectivity index (χ0) is 23.6. The number of carbonyl (C=O) groups excluding carboxylic acids is 2. The van der Waals surface area contributed by atoms with E-state index in [1.807, 2.05) is 12.1 Å². The van der Waals surface area contributed by atoms with Gasteiger partial charge in [-0.05, 0) is 30.3 Å². The van der Waals surface area contributed by atoms with Crippen LogP contribution >= 0.6 is 0 Å². The number of halogens is 2. The van der Waals surface area contributed by atoms with Crippen LogP contribution in [0.5, 0.6) is 0 Å². The summed E-state index contributed by atoms with van der Waals surface area (Å²) in [5.41, 5.74) is 1.44. The Morgan fingerprint density at radius 2 is 1.48 bits per heavy atom. The summed E-state index contributed by atoms with van der Waals surface area (Å²) in [6, 6.07) is 19.5. The van der Waals surface area contributed by atoms with Gasteiger partial charge >= 0.3 is 11.7 Å². The smallest absolute Gasteiger partial charge is 0.341 e. The van der Waals surface area contributed by atoms with Crippen molar-refractivity contribution < 1.29 is 31.5 Å². The molecule has 168 valence electrons. The highest BCUT2D eigenvalue weighted by molar-refractivity contribution is 7.91. The molecule has 0 amide bonds. The third-order valence-corrected chi connectivity index (χ3v) is 6.47. The molecule has 9 heteroatoms. The Hall–Kier alpha value is -3.85. The van der Waals surface area contributed by atoms with E-state index < -0.39 is 38.3 Å². The highest BCUT2D eigenvalue weighted by atomic mass is 32.2. The van der Waals surface area contributed by atoms with Crippen LogP contribution in [0.3, 0.4) is 0 Å². The summed E-state index contributed by atoms with van der Waals surface area (Å²) in [5, 5.41) is 0.668. The Kier molecular flexibility index (Phi) is 6.06. The van der Waals surface area contributed by atoms with E-state index >= 15 is 0 Å². The number of para-hydroxylation sites is 1. The van der Waals surface area contributed by atoms with Gasteiger partial charge in [0.25, 0.3) is 0 Å². The van der Waals surface area contributed by atoms with E-state index in [2.05, 4.69) is 4.98 Å². The number of hydrogen-bond donors (Lipinski definition) is 1. The molecule has 0 aliphatic rings. The fourth-order valence-electron chi connectivity index (χ4n) is 3.38. The molecule has 33 heavy (non-hydrogen) atoms. The number of alkyl halides is 2. The van der Waals surface area contributed by atoms with Gasteiger partial charge in [0.15, 0.2) is 6.10 Å². The van der Waals surface area contributed by atoms with Crippen molar-refractivity contribution in [2.45, 2.75) is 16.8 Å². The second kappa shape index (κ2) is 8.95. The van der Waals surface area contributed by atoms with E-state index in [9.17, 15) is 26.8 Å². The summed E-state index contributed by atoms with van der Waals surface area (Å²) in [6.07, 6.45) is 0.267. The van der Waals surface area contributed by atoms with Gasteiger partial charge in [0, 0.05) is 28.2 Å². The predicted octanol–water partition coefficient (Wildman–Crippen LogP) is 4.95. The van der Waals surface area contributed by atoms with Gasteiger partial charge in [-0.2, -0.15) is 8.78 Å². The number of sulfone groups is 1. The van der Waals surface area contributed by atoms with E-state index in [-0.39, 0.29) is 5.56 Å². The average molecular weight is 469 g/mol. The number of aromatic nitrogens is 1. The molecule has 1 atom stereocenters. The summed E-state index contributed by atoms with van der Waals surface area (Å²) in [5.74, 6) is -4.94. The Labute approximate surface area is 187 Å². The second-order valence-electron chi connectivity index (χ2n) is 7.14. The monoisotopic (exact) mass is 469 g/mol. The number of aromatic amines is 1. The highest BCUT2D eigenvalue weighted by Crippen LogP contribution is 2.28. The normalized spacial score (nSPS) is 12.6. The van der Waals surface area contributed by atoms with Crippen molar-refractivity contribution in [1.82, 2.24) is 4.98 Å². The number of carbonyl (C=O) groups is 2. The zero-order valence-electron chi connectivity index (χ0n) is 16.9. The summed E-state index contributed by atoms with van der Waals surface area (Å²) >= 11 is 0. The van der Waals surface area contributed by atoms with Gasteiger partial charge in [-0.1, -0.05) is 48.5 Å².